The number of H-pyrrole nitrogens is 1. The number of aromatic amines is 1. The van der Waals surface area contributed by atoms with Gasteiger partial charge in [0, 0.05) is 6.66 Å². The highest BCUT2D eigenvalue weighted by Gasteiger charge is 2.47. The van der Waals surface area contributed by atoms with Crippen LogP contribution < -0.4 is 10.3 Å². The molecule has 150 valence electrons. The van der Waals surface area contributed by atoms with Crippen molar-refractivity contribution in [3.63, 3.8) is 0 Å². The number of nitrogens with one attached hydrogen (secondary N) is 1. The first-order valence-corrected chi connectivity index (χ1v) is 11.0. The molecule has 0 amide bonds. The van der Waals surface area contributed by atoms with E-state index in [9.17, 15) is 24.2 Å². The Morgan fingerprint density at radius 3 is 2.70 bits per heavy atom. The van der Waals surface area contributed by atoms with Gasteiger partial charge in [-0.1, -0.05) is 4.98 Å². The number of imidazole rings is 1. The molecule has 6 unspecified atom stereocenters. The van der Waals surface area contributed by atoms with Gasteiger partial charge >= 0.3 is 21.1 Å². The Labute approximate surface area is 151 Å². The van der Waals surface area contributed by atoms with Crippen molar-refractivity contribution in [2.75, 3.05) is 19.0 Å². The van der Waals surface area contributed by atoms with Crippen LogP contribution in [0.2, 0.25) is 0 Å². The first kappa shape index (κ1) is 20.3. The number of aromatic nitrogens is 4. The number of aliphatic hydroxyl groups excluding tert-OH is 2. The van der Waals surface area contributed by atoms with Crippen molar-refractivity contribution < 1.29 is 47.3 Å². The van der Waals surface area contributed by atoms with Crippen LogP contribution in [-0.2, 0) is 22.7 Å². The van der Waals surface area contributed by atoms with E-state index in [1.807, 2.05) is 0 Å². The summed E-state index contributed by atoms with van der Waals surface area (Å²) in [5, 5.41) is 20.4. The van der Waals surface area contributed by atoms with Crippen molar-refractivity contribution in [3.05, 3.63) is 12.7 Å². The number of nitrogens with zero attached hydrogens (tertiary/aromatic N) is 3. The number of ether oxygens (including phenoxy) is 1. The average molecular weight is 426 g/mol. The highest BCUT2D eigenvalue weighted by atomic mass is 31.3. The highest BCUT2D eigenvalue weighted by Crippen LogP contribution is 2.58. The number of hydrogen-bond acceptors (Lipinski definition) is 10. The van der Waals surface area contributed by atoms with Crippen LogP contribution in [-0.4, -0.2) is 66.5 Å². The molecule has 7 N–H and O–H groups in total. The molecule has 1 aliphatic heterocycles. The molecule has 1 saturated heterocycles. The van der Waals surface area contributed by atoms with Gasteiger partial charge in [0.15, 0.2) is 18.5 Å². The molecule has 3 heterocycles. The molecule has 0 aromatic carbocycles. The maximum absolute atomic E-state index is 11.6. The number of rotatable bonds is 6. The van der Waals surface area contributed by atoms with E-state index in [1.54, 1.807) is 0 Å². The van der Waals surface area contributed by atoms with E-state index in [2.05, 4.69) is 23.8 Å². The molecule has 0 spiro atoms. The summed E-state index contributed by atoms with van der Waals surface area (Å²) in [4.78, 5) is 29.1. The largest absolute Gasteiger partial charge is 0.479 e. The number of hydrogen-bond donors (Lipinski definition) is 6. The maximum atomic E-state index is 11.6. The number of nitrogens with two attached hydrogens (primary N) is 1. The van der Waals surface area contributed by atoms with E-state index in [0.717, 1.165) is 0 Å². The van der Waals surface area contributed by atoms with Gasteiger partial charge in [0.2, 0.25) is 11.7 Å². The molecule has 27 heavy (non-hydrogen) atoms. The van der Waals surface area contributed by atoms with E-state index in [-0.39, 0.29) is 5.82 Å². The van der Waals surface area contributed by atoms with Crippen molar-refractivity contribution in [1.29, 1.82) is 0 Å². The van der Waals surface area contributed by atoms with Gasteiger partial charge in [0.25, 0.3) is 0 Å². The van der Waals surface area contributed by atoms with E-state index in [1.165, 1.54) is 17.2 Å². The van der Waals surface area contributed by atoms with E-state index in [0.29, 0.717) is 17.8 Å². The minimum Gasteiger partial charge on any atom is -0.387 e. The fourth-order valence-electron chi connectivity index (χ4n) is 2.59. The third-order valence-corrected chi connectivity index (χ3v) is 6.23. The third-order valence-electron chi connectivity index (χ3n) is 3.72. The summed E-state index contributed by atoms with van der Waals surface area (Å²) in [5.74, 6) is 0.165. The summed E-state index contributed by atoms with van der Waals surface area (Å²) in [6.45, 7) is 0.0175. The van der Waals surface area contributed by atoms with Gasteiger partial charge in [-0.15, -0.1) is 0 Å². The predicted octanol–water partition coefficient (Wildman–Crippen LogP) is -1.60. The van der Waals surface area contributed by atoms with Gasteiger partial charge in [-0.3, -0.25) is 14.1 Å². The zero-order chi connectivity index (χ0) is 20.0. The summed E-state index contributed by atoms with van der Waals surface area (Å²) >= 11 is 0. The normalized spacial score (nSPS) is 30.3. The summed E-state index contributed by atoms with van der Waals surface area (Å²) < 4.78 is 38.2. The Bertz CT molecular complexity index is 932. The van der Waals surface area contributed by atoms with Gasteiger partial charge in [-0.05, 0) is 0 Å². The predicted molar refractivity (Wildman–Crippen MR) is 87.0 cm³/mol. The molecule has 0 radical (unpaired) electrons. The summed E-state index contributed by atoms with van der Waals surface area (Å²) in [6.07, 6.45) is -2.68. The molecule has 6 atom stereocenters. The lowest BCUT2D eigenvalue weighted by atomic mass is 10.1. The van der Waals surface area contributed by atoms with Crippen LogP contribution in [0.4, 0.5) is 5.82 Å². The number of phosphoric acid groups is 1. The molecule has 0 bridgehead atoms. The second-order valence-corrected chi connectivity index (χ2v) is 9.29. The van der Waals surface area contributed by atoms with Crippen LogP contribution in [0.15, 0.2) is 12.7 Å². The average Bonchev–Trinajstić information content (AvgIpc) is 3.07. The first-order valence-electron chi connectivity index (χ1n) is 7.48. The molecule has 1 aliphatic rings. The number of phosphoric ester groups is 1. The number of fused-ring (bicyclic) bond motifs is 1. The molecule has 3 rings (SSSR count). The molecule has 2 aromatic rings. The van der Waals surface area contributed by atoms with Crippen LogP contribution in [0.5, 0.6) is 0 Å². The van der Waals surface area contributed by atoms with Crippen LogP contribution in [0.1, 0.15) is 6.23 Å². The molecule has 2 aromatic heterocycles. The smallest absolute Gasteiger partial charge is 0.387 e. The van der Waals surface area contributed by atoms with E-state index >= 15 is 0 Å². The highest BCUT2D eigenvalue weighted by molar-refractivity contribution is 7.63. The quantitative estimate of drug-likeness (QED) is 0.227. The Morgan fingerprint density at radius 2 is 2.04 bits per heavy atom. The van der Waals surface area contributed by atoms with E-state index in [4.69, 9.17) is 15.4 Å². The van der Waals surface area contributed by atoms with Crippen molar-refractivity contribution in [1.82, 2.24) is 15.0 Å². The number of nitrogen functional groups attached to an aromatic ring is 1. The lowest BCUT2D eigenvalue weighted by Gasteiger charge is -2.17. The summed E-state index contributed by atoms with van der Waals surface area (Å²) in [5.41, 5.74) is 6.40. The zero-order valence-corrected chi connectivity index (χ0v) is 15.6. The van der Waals surface area contributed by atoms with Crippen molar-refractivity contribution in [2.24, 2.45) is 0 Å². The van der Waals surface area contributed by atoms with Crippen LogP contribution in [0, 0.1) is 0 Å². The van der Waals surface area contributed by atoms with Gasteiger partial charge in [0.1, 0.15) is 18.3 Å². The van der Waals surface area contributed by atoms with Gasteiger partial charge in [-0.25, -0.2) is 13.4 Å². The second-order valence-electron chi connectivity index (χ2n) is 5.83. The van der Waals surface area contributed by atoms with Gasteiger partial charge in [-0.2, -0.15) is 4.98 Å². The Hall–Kier alpha value is -1.47. The molecule has 14 nitrogen and oxygen atoms in total. The van der Waals surface area contributed by atoms with Crippen LogP contribution in [0.3, 0.4) is 0 Å². The molecule has 16 heteroatoms. The van der Waals surface area contributed by atoms with Crippen LogP contribution in [0.25, 0.3) is 11.2 Å². The van der Waals surface area contributed by atoms with Gasteiger partial charge in [0.05, 0.1) is 6.61 Å². The Balaban J connectivity index is 1.75. The monoisotopic (exact) mass is 426 g/mol. The maximum Gasteiger partial charge on any atom is 0.479 e. The third kappa shape index (κ3) is 4.35. The minimum atomic E-state index is -4.87. The van der Waals surface area contributed by atoms with Crippen molar-refractivity contribution >= 4 is 32.4 Å². The lowest BCUT2D eigenvalue weighted by Crippen LogP contribution is -2.45. The Kier molecular flexibility index (Phi) is 5.38. The lowest BCUT2D eigenvalue weighted by molar-refractivity contribution is -0.745. The molecule has 1 fully saturated rings. The standard InChI is InChI=1S/C11H17N5O9P2/c1-26(19,20)25-27(21,22)23-2-5-7(17)8(18)11(24-5)16-4-15-6-9(12)13-3-14-10(6)16/h3-5,7-8,11,17-18H,2H2,1H3,(H4,12,13,14,19,20,21,22)/p+1. The Morgan fingerprint density at radius 1 is 1.33 bits per heavy atom. The van der Waals surface area contributed by atoms with Crippen LogP contribution >= 0.6 is 15.4 Å². The molecule has 0 aliphatic carbocycles. The summed E-state index contributed by atoms with van der Waals surface area (Å²) in [7, 11) is -9.16. The number of anilines is 1. The summed E-state index contributed by atoms with van der Waals surface area (Å²) in [6, 6.07) is 0. The molecular formula is C11H18N5O9P2+. The van der Waals surface area contributed by atoms with Gasteiger partial charge < -0.3 is 30.5 Å². The first-order chi connectivity index (χ1) is 12.5. The SMILES string of the molecule is CP(=O)(O)OP(=O)(O)OCC1OC([n+]2c[nH]c3c(N)ncnc32)C(O)C1O. The topological polar surface area (TPSA) is 214 Å². The zero-order valence-electron chi connectivity index (χ0n) is 13.8. The van der Waals surface area contributed by atoms with Crippen molar-refractivity contribution in [2.45, 2.75) is 24.5 Å². The minimum absolute atomic E-state index is 0.165. The molecular weight excluding hydrogens is 408 g/mol. The fraction of sp³-hybridized carbons (Fsp3) is 0.545. The van der Waals surface area contributed by atoms with E-state index < -0.39 is 46.6 Å². The van der Waals surface area contributed by atoms with Crippen molar-refractivity contribution in [3.8, 4) is 0 Å². The fourth-order valence-corrected chi connectivity index (χ4v) is 4.65. The number of aliphatic hydroxyl groups is 2. The second kappa shape index (κ2) is 7.17. The molecule has 0 saturated carbocycles.